The standard InChI is InChI=1S/C18H13BrClF3O4/c19-14-3-2-11(8-13(14)17(24)27-12-5-6-25-9-12)26-16-4-1-10(7-15(16)20)18(21,22)23/h1-4,7-8,12H,5-6,9H2. The molecule has 1 saturated heterocycles. The lowest BCUT2D eigenvalue weighted by Crippen LogP contribution is -2.18. The van der Waals surface area contributed by atoms with Crippen LogP contribution in [0.15, 0.2) is 40.9 Å². The topological polar surface area (TPSA) is 44.8 Å². The molecular formula is C18H13BrClF3O4. The normalized spacial score (nSPS) is 17.0. The van der Waals surface area contributed by atoms with Crippen LogP contribution >= 0.6 is 27.5 Å². The van der Waals surface area contributed by atoms with Gasteiger partial charge < -0.3 is 14.2 Å². The second-order valence-electron chi connectivity index (χ2n) is 5.78. The fourth-order valence-electron chi connectivity index (χ4n) is 2.43. The highest BCUT2D eigenvalue weighted by Gasteiger charge is 2.31. The number of rotatable bonds is 4. The van der Waals surface area contributed by atoms with Crippen molar-refractivity contribution in [2.45, 2.75) is 18.7 Å². The number of hydrogen-bond donors (Lipinski definition) is 0. The Hall–Kier alpha value is -1.77. The van der Waals surface area contributed by atoms with Crippen molar-refractivity contribution in [3.63, 3.8) is 0 Å². The number of alkyl halides is 3. The lowest BCUT2D eigenvalue weighted by atomic mass is 10.2. The van der Waals surface area contributed by atoms with Crippen LogP contribution in [0.5, 0.6) is 11.5 Å². The van der Waals surface area contributed by atoms with Crippen molar-refractivity contribution >= 4 is 33.5 Å². The highest BCUT2D eigenvalue weighted by molar-refractivity contribution is 9.10. The zero-order valence-corrected chi connectivity index (χ0v) is 16.0. The van der Waals surface area contributed by atoms with Gasteiger partial charge in [0.1, 0.15) is 17.6 Å². The van der Waals surface area contributed by atoms with E-state index in [1.54, 1.807) is 12.1 Å². The van der Waals surface area contributed by atoms with Gasteiger partial charge in [-0.2, -0.15) is 13.2 Å². The van der Waals surface area contributed by atoms with Gasteiger partial charge in [-0.05, 0) is 52.3 Å². The molecule has 2 aromatic rings. The highest BCUT2D eigenvalue weighted by Crippen LogP contribution is 2.37. The van der Waals surface area contributed by atoms with Crippen LogP contribution in [0.3, 0.4) is 0 Å². The molecule has 2 aromatic carbocycles. The Morgan fingerprint density at radius 1 is 1.22 bits per heavy atom. The maximum Gasteiger partial charge on any atom is 0.416 e. The van der Waals surface area contributed by atoms with Gasteiger partial charge in [0.15, 0.2) is 0 Å². The molecule has 0 aromatic heterocycles. The number of hydrogen-bond acceptors (Lipinski definition) is 4. The first-order chi connectivity index (χ1) is 12.7. The summed E-state index contributed by atoms with van der Waals surface area (Å²) in [5.41, 5.74) is -0.652. The molecule has 144 valence electrons. The summed E-state index contributed by atoms with van der Waals surface area (Å²) in [6.07, 6.45) is -4.18. The van der Waals surface area contributed by atoms with Gasteiger partial charge >= 0.3 is 12.1 Å². The Kier molecular flexibility index (Phi) is 5.98. The van der Waals surface area contributed by atoms with E-state index in [2.05, 4.69) is 15.9 Å². The average molecular weight is 466 g/mol. The van der Waals surface area contributed by atoms with E-state index in [0.717, 1.165) is 18.2 Å². The van der Waals surface area contributed by atoms with E-state index in [-0.39, 0.29) is 28.2 Å². The second-order valence-corrected chi connectivity index (χ2v) is 7.04. The van der Waals surface area contributed by atoms with Crippen LogP contribution in [0.25, 0.3) is 0 Å². The molecule has 1 aliphatic rings. The quantitative estimate of drug-likeness (QED) is 0.531. The minimum Gasteiger partial charge on any atom is -0.456 e. The SMILES string of the molecule is O=C(OC1CCOC1)c1cc(Oc2ccc(C(F)(F)F)cc2Cl)ccc1Br. The van der Waals surface area contributed by atoms with Crippen molar-refractivity contribution in [1.29, 1.82) is 0 Å². The average Bonchev–Trinajstić information content (AvgIpc) is 3.10. The first-order valence-corrected chi connectivity index (χ1v) is 9.04. The van der Waals surface area contributed by atoms with Crippen LogP contribution in [0.4, 0.5) is 13.2 Å². The summed E-state index contributed by atoms with van der Waals surface area (Å²) in [4.78, 5) is 12.3. The van der Waals surface area contributed by atoms with Gasteiger partial charge in [0, 0.05) is 10.9 Å². The van der Waals surface area contributed by atoms with Gasteiger partial charge in [-0.25, -0.2) is 4.79 Å². The summed E-state index contributed by atoms with van der Waals surface area (Å²) in [6.45, 7) is 0.884. The van der Waals surface area contributed by atoms with Crippen LogP contribution in [0.1, 0.15) is 22.3 Å². The fraction of sp³-hybridized carbons (Fsp3) is 0.278. The lowest BCUT2D eigenvalue weighted by Gasteiger charge is -2.14. The van der Waals surface area contributed by atoms with Crippen LogP contribution in [0, 0.1) is 0 Å². The monoisotopic (exact) mass is 464 g/mol. The third-order valence-electron chi connectivity index (χ3n) is 3.81. The molecule has 4 nitrogen and oxygen atoms in total. The van der Waals surface area contributed by atoms with Crippen LogP contribution in [-0.4, -0.2) is 25.3 Å². The van der Waals surface area contributed by atoms with E-state index < -0.39 is 17.7 Å². The van der Waals surface area contributed by atoms with Crippen LogP contribution in [0.2, 0.25) is 5.02 Å². The first kappa shape index (κ1) is 20.0. The Morgan fingerprint density at radius 3 is 2.63 bits per heavy atom. The highest BCUT2D eigenvalue weighted by atomic mass is 79.9. The van der Waals surface area contributed by atoms with Gasteiger partial charge in [-0.15, -0.1) is 0 Å². The molecule has 1 aliphatic heterocycles. The van der Waals surface area contributed by atoms with Crippen LogP contribution in [-0.2, 0) is 15.7 Å². The molecule has 27 heavy (non-hydrogen) atoms. The number of esters is 1. The van der Waals surface area contributed by atoms with Crippen molar-refractivity contribution < 1.29 is 32.2 Å². The molecule has 1 atom stereocenters. The van der Waals surface area contributed by atoms with Gasteiger partial charge in [0.25, 0.3) is 0 Å². The molecule has 0 aliphatic carbocycles. The molecule has 3 rings (SSSR count). The molecule has 1 unspecified atom stereocenters. The predicted octanol–water partition coefficient (Wildman–Crippen LogP) is 5.86. The summed E-state index contributed by atoms with van der Waals surface area (Å²) < 4.78 is 54.7. The van der Waals surface area contributed by atoms with E-state index in [4.69, 9.17) is 25.8 Å². The van der Waals surface area contributed by atoms with E-state index in [1.807, 2.05) is 0 Å². The van der Waals surface area contributed by atoms with Crippen molar-refractivity contribution in [1.82, 2.24) is 0 Å². The van der Waals surface area contributed by atoms with E-state index in [0.29, 0.717) is 24.1 Å². The molecule has 0 saturated carbocycles. The third kappa shape index (κ3) is 4.94. The number of carbonyl (C=O) groups is 1. The largest absolute Gasteiger partial charge is 0.456 e. The third-order valence-corrected chi connectivity index (χ3v) is 4.79. The molecule has 1 fully saturated rings. The summed E-state index contributed by atoms with van der Waals surface area (Å²) in [5, 5.41) is -0.194. The predicted molar refractivity (Wildman–Crippen MR) is 95.3 cm³/mol. The number of benzene rings is 2. The Labute approximate surface area is 166 Å². The Bertz CT molecular complexity index is 851. The maximum absolute atomic E-state index is 12.7. The fourth-order valence-corrected chi connectivity index (χ4v) is 3.06. The molecule has 9 heteroatoms. The molecule has 0 radical (unpaired) electrons. The van der Waals surface area contributed by atoms with Crippen molar-refractivity contribution in [2.24, 2.45) is 0 Å². The summed E-state index contributed by atoms with van der Waals surface area (Å²) in [7, 11) is 0. The summed E-state index contributed by atoms with van der Waals surface area (Å²) in [6, 6.07) is 7.33. The first-order valence-electron chi connectivity index (χ1n) is 7.87. The molecule has 1 heterocycles. The summed E-state index contributed by atoms with van der Waals surface area (Å²) in [5.74, 6) is -0.286. The Morgan fingerprint density at radius 2 is 2.00 bits per heavy atom. The maximum atomic E-state index is 12.7. The number of ether oxygens (including phenoxy) is 3. The smallest absolute Gasteiger partial charge is 0.416 e. The number of halogens is 5. The van der Waals surface area contributed by atoms with Crippen molar-refractivity contribution in [3.8, 4) is 11.5 Å². The molecule has 0 amide bonds. The minimum absolute atomic E-state index is 0.0375. The minimum atomic E-state index is -4.50. The molecule has 0 N–H and O–H groups in total. The van der Waals surface area contributed by atoms with Crippen molar-refractivity contribution in [3.05, 3.63) is 57.0 Å². The van der Waals surface area contributed by atoms with Crippen LogP contribution < -0.4 is 4.74 Å². The summed E-state index contributed by atoms with van der Waals surface area (Å²) >= 11 is 9.17. The van der Waals surface area contributed by atoms with Gasteiger partial charge in [0.05, 0.1) is 29.4 Å². The Balaban J connectivity index is 1.78. The van der Waals surface area contributed by atoms with E-state index in [1.165, 1.54) is 6.07 Å². The lowest BCUT2D eigenvalue weighted by molar-refractivity contribution is -0.137. The van der Waals surface area contributed by atoms with Gasteiger partial charge in [-0.3, -0.25) is 0 Å². The van der Waals surface area contributed by atoms with E-state index in [9.17, 15) is 18.0 Å². The van der Waals surface area contributed by atoms with Gasteiger partial charge in [-0.1, -0.05) is 11.6 Å². The van der Waals surface area contributed by atoms with Gasteiger partial charge in [0.2, 0.25) is 0 Å². The van der Waals surface area contributed by atoms with E-state index >= 15 is 0 Å². The molecule has 0 spiro atoms. The number of carbonyl (C=O) groups excluding carboxylic acids is 1. The zero-order chi connectivity index (χ0) is 19.6. The zero-order valence-electron chi connectivity index (χ0n) is 13.7. The molecular weight excluding hydrogens is 453 g/mol. The second kappa shape index (κ2) is 8.08. The van der Waals surface area contributed by atoms with Crippen molar-refractivity contribution in [2.75, 3.05) is 13.2 Å². The molecule has 0 bridgehead atoms.